The summed E-state index contributed by atoms with van der Waals surface area (Å²) < 4.78 is 7.59. The average Bonchev–Trinajstić information content (AvgIpc) is 3.39. The molecule has 0 saturated carbocycles. The number of nitrogens with zero attached hydrogens (tertiary/aromatic N) is 3. The smallest absolute Gasteiger partial charge is 0.187 e. The molecule has 0 fully saturated rings. The molecule has 1 aliphatic rings. The number of hydrogen-bond acceptors (Lipinski definition) is 6. The Morgan fingerprint density at radius 1 is 1.19 bits per heavy atom. The van der Waals surface area contributed by atoms with Crippen molar-refractivity contribution in [3.63, 3.8) is 0 Å². The molecule has 7 heteroatoms. The Balaban J connectivity index is 1.42. The van der Waals surface area contributed by atoms with Crippen molar-refractivity contribution in [1.82, 2.24) is 14.5 Å². The van der Waals surface area contributed by atoms with Gasteiger partial charge in [0, 0.05) is 28.7 Å². The van der Waals surface area contributed by atoms with Gasteiger partial charge in [-0.1, -0.05) is 12.1 Å². The molecule has 1 atom stereocenters. The Hall–Kier alpha value is -3.32. The summed E-state index contributed by atoms with van der Waals surface area (Å²) in [5.41, 5.74) is 5.20. The lowest BCUT2D eigenvalue weighted by Gasteiger charge is -2.21. The molecule has 2 aromatic heterocycles. The molecule has 0 aliphatic heterocycles. The molecule has 0 amide bonds. The van der Waals surface area contributed by atoms with Crippen LogP contribution in [0.5, 0.6) is 11.5 Å². The highest BCUT2D eigenvalue weighted by Crippen LogP contribution is 2.41. The zero-order valence-electron chi connectivity index (χ0n) is 17.5. The summed E-state index contributed by atoms with van der Waals surface area (Å²) in [6, 6.07) is 13.6. The van der Waals surface area contributed by atoms with Gasteiger partial charge in [0.1, 0.15) is 11.5 Å². The van der Waals surface area contributed by atoms with Gasteiger partial charge in [-0.3, -0.25) is 0 Å². The third kappa shape index (κ3) is 3.88. The normalized spacial score (nSPS) is 15.5. The predicted molar refractivity (Wildman–Crippen MR) is 123 cm³/mol. The number of methoxy groups -OCH3 is 1. The van der Waals surface area contributed by atoms with E-state index in [1.165, 1.54) is 10.4 Å². The highest BCUT2D eigenvalue weighted by Gasteiger charge is 2.26. The first-order valence-corrected chi connectivity index (χ1v) is 11.2. The van der Waals surface area contributed by atoms with Gasteiger partial charge in [0.2, 0.25) is 0 Å². The molecule has 6 nitrogen and oxygen atoms in total. The molecule has 4 aromatic rings. The van der Waals surface area contributed by atoms with Gasteiger partial charge in [-0.25, -0.2) is 9.97 Å². The van der Waals surface area contributed by atoms with E-state index >= 15 is 0 Å². The third-order valence-electron chi connectivity index (χ3n) is 5.67. The number of imidazole rings is 1. The van der Waals surface area contributed by atoms with Gasteiger partial charge in [0.05, 0.1) is 30.5 Å². The number of ether oxygens (including phenoxy) is 1. The van der Waals surface area contributed by atoms with Crippen LogP contribution >= 0.6 is 11.3 Å². The van der Waals surface area contributed by atoms with Crippen molar-refractivity contribution in [3.05, 3.63) is 76.8 Å². The molecule has 1 unspecified atom stereocenters. The molecule has 158 valence electrons. The fraction of sp³-hybridized carbons (Fsp3) is 0.250. The number of aromatic hydroxyl groups is 1. The Kier molecular flexibility index (Phi) is 5.11. The van der Waals surface area contributed by atoms with Crippen LogP contribution in [0, 0.1) is 6.92 Å². The lowest BCUT2D eigenvalue weighted by Crippen LogP contribution is -2.09. The number of nitrogens with one attached hydrogen (secondary N) is 1. The quantitative estimate of drug-likeness (QED) is 0.432. The van der Waals surface area contributed by atoms with Crippen molar-refractivity contribution in [3.8, 4) is 17.2 Å². The maximum absolute atomic E-state index is 9.62. The van der Waals surface area contributed by atoms with Crippen LogP contribution in [0.3, 0.4) is 0 Å². The van der Waals surface area contributed by atoms with Crippen molar-refractivity contribution in [2.45, 2.75) is 32.1 Å². The summed E-state index contributed by atoms with van der Waals surface area (Å²) in [7, 11) is 1.68. The first kappa shape index (κ1) is 19.6. The van der Waals surface area contributed by atoms with E-state index in [2.05, 4.69) is 10.3 Å². The van der Waals surface area contributed by atoms with Gasteiger partial charge in [0.15, 0.2) is 5.13 Å². The highest BCUT2D eigenvalue weighted by atomic mass is 32.1. The number of hydrogen-bond donors (Lipinski definition) is 2. The molecule has 0 radical (unpaired) electrons. The molecule has 0 spiro atoms. The molecule has 2 N–H and O–H groups in total. The monoisotopic (exact) mass is 432 g/mol. The van der Waals surface area contributed by atoms with E-state index in [-0.39, 0.29) is 5.92 Å². The fourth-order valence-electron chi connectivity index (χ4n) is 4.15. The molecule has 2 aromatic carbocycles. The van der Waals surface area contributed by atoms with Gasteiger partial charge >= 0.3 is 0 Å². The SMILES string of the molecule is COc1cc(Nc2nc3c(s2)CCCC3c2ccc(O)cc2)ccc1-n1cnc(C)c1. The van der Waals surface area contributed by atoms with Crippen molar-refractivity contribution in [2.24, 2.45) is 0 Å². The van der Waals surface area contributed by atoms with Crippen LogP contribution in [0.4, 0.5) is 10.8 Å². The second-order valence-electron chi connectivity index (χ2n) is 7.80. The summed E-state index contributed by atoms with van der Waals surface area (Å²) in [6.45, 7) is 1.97. The van der Waals surface area contributed by atoms with Gasteiger partial charge in [-0.05, 0) is 56.0 Å². The van der Waals surface area contributed by atoms with Gasteiger partial charge in [0.25, 0.3) is 0 Å². The molecular formula is C24H24N4O2S. The van der Waals surface area contributed by atoms with Crippen LogP contribution in [0.2, 0.25) is 0 Å². The number of phenols is 1. The Morgan fingerprint density at radius 3 is 2.77 bits per heavy atom. The number of benzene rings is 2. The Bertz CT molecular complexity index is 1210. The minimum Gasteiger partial charge on any atom is -0.508 e. The lowest BCUT2D eigenvalue weighted by molar-refractivity contribution is 0.413. The third-order valence-corrected chi connectivity index (χ3v) is 6.72. The molecule has 1 aliphatic carbocycles. The van der Waals surface area contributed by atoms with E-state index in [9.17, 15) is 5.11 Å². The van der Waals surface area contributed by atoms with E-state index in [1.54, 1.807) is 36.9 Å². The van der Waals surface area contributed by atoms with Crippen molar-refractivity contribution in [1.29, 1.82) is 0 Å². The van der Waals surface area contributed by atoms with Crippen molar-refractivity contribution >= 4 is 22.2 Å². The number of aryl methyl sites for hydroxylation is 2. The number of phenolic OH excluding ortho intramolecular Hbond substituents is 1. The number of anilines is 2. The summed E-state index contributed by atoms with van der Waals surface area (Å²) in [5, 5.41) is 14.0. The van der Waals surface area contributed by atoms with Crippen molar-refractivity contribution in [2.75, 3.05) is 12.4 Å². The zero-order chi connectivity index (χ0) is 21.4. The van der Waals surface area contributed by atoms with Gasteiger partial charge in [-0.2, -0.15) is 0 Å². The summed E-state index contributed by atoms with van der Waals surface area (Å²) in [5.74, 6) is 1.34. The maximum Gasteiger partial charge on any atom is 0.187 e. The molecule has 0 bridgehead atoms. The van der Waals surface area contributed by atoms with E-state index in [4.69, 9.17) is 9.72 Å². The largest absolute Gasteiger partial charge is 0.508 e. The van der Waals surface area contributed by atoms with Crippen LogP contribution in [0.15, 0.2) is 55.0 Å². The first-order valence-electron chi connectivity index (χ1n) is 10.4. The number of aromatic nitrogens is 3. The van der Waals surface area contributed by atoms with E-state index in [0.717, 1.165) is 52.9 Å². The van der Waals surface area contributed by atoms with Gasteiger partial charge in [-0.15, -0.1) is 11.3 Å². The number of thiazole rings is 1. The molecule has 0 saturated heterocycles. The summed E-state index contributed by atoms with van der Waals surface area (Å²) >= 11 is 1.72. The Labute approximate surface area is 185 Å². The summed E-state index contributed by atoms with van der Waals surface area (Å²) in [4.78, 5) is 10.6. The van der Waals surface area contributed by atoms with Crippen LogP contribution in [0.1, 0.15) is 40.6 Å². The van der Waals surface area contributed by atoms with Crippen LogP contribution in [-0.4, -0.2) is 26.8 Å². The first-order chi connectivity index (χ1) is 15.1. The minimum absolute atomic E-state index is 0.276. The van der Waals surface area contributed by atoms with E-state index in [1.807, 2.05) is 48.0 Å². The highest BCUT2D eigenvalue weighted by molar-refractivity contribution is 7.15. The fourth-order valence-corrected chi connectivity index (χ4v) is 5.23. The number of fused-ring (bicyclic) bond motifs is 1. The molecule has 31 heavy (non-hydrogen) atoms. The minimum atomic E-state index is 0.276. The zero-order valence-corrected chi connectivity index (χ0v) is 18.3. The molecular weight excluding hydrogens is 408 g/mol. The van der Waals surface area contributed by atoms with E-state index < -0.39 is 0 Å². The van der Waals surface area contributed by atoms with Crippen molar-refractivity contribution < 1.29 is 9.84 Å². The van der Waals surface area contributed by atoms with Crippen LogP contribution < -0.4 is 10.1 Å². The van der Waals surface area contributed by atoms with Crippen LogP contribution in [-0.2, 0) is 6.42 Å². The predicted octanol–water partition coefficient (Wildman–Crippen LogP) is 5.56. The molecule has 2 heterocycles. The van der Waals surface area contributed by atoms with Crippen LogP contribution in [0.25, 0.3) is 5.69 Å². The average molecular weight is 433 g/mol. The Morgan fingerprint density at radius 2 is 2.03 bits per heavy atom. The molecule has 5 rings (SSSR count). The van der Waals surface area contributed by atoms with Gasteiger partial charge < -0.3 is 19.7 Å². The standard InChI is InChI=1S/C24H24N4O2S/c1-15-13-28(14-25-15)20-11-8-17(12-21(20)30-2)26-24-27-23-19(4-3-5-22(23)31-24)16-6-9-18(29)10-7-16/h6-14,19,29H,3-5H2,1-2H3,(H,26,27). The number of rotatable bonds is 5. The van der Waals surface area contributed by atoms with E-state index in [0.29, 0.717) is 5.75 Å². The lowest BCUT2D eigenvalue weighted by atomic mass is 9.85. The maximum atomic E-state index is 9.62. The second-order valence-corrected chi connectivity index (χ2v) is 8.88. The second kappa shape index (κ2) is 8.07. The topological polar surface area (TPSA) is 72.2 Å². The summed E-state index contributed by atoms with van der Waals surface area (Å²) in [6.07, 6.45) is 7.05.